The fourth-order valence-electron chi connectivity index (χ4n) is 1.74. The number of hydrogen-bond donors (Lipinski definition) is 0. The van der Waals surface area contributed by atoms with Crippen LogP contribution in [0.1, 0.15) is 0 Å². The molecule has 0 bridgehead atoms. The van der Waals surface area contributed by atoms with Gasteiger partial charge in [0.25, 0.3) is 0 Å². The number of fused-ring (bicyclic) bond motifs is 1. The van der Waals surface area contributed by atoms with E-state index >= 15 is 0 Å². The molecule has 2 aromatic rings. The van der Waals surface area contributed by atoms with E-state index < -0.39 is 0 Å². The highest BCUT2D eigenvalue weighted by Gasteiger charge is 2.04. The van der Waals surface area contributed by atoms with E-state index in [2.05, 4.69) is 48.2 Å². The smallest absolute Gasteiger partial charge is 0.0592 e. The largest absolute Gasteiger partial charge is 0.119 e. The number of hydrogen-bond acceptors (Lipinski definition) is 2. The van der Waals surface area contributed by atoms with Gasteiger partial charge in [-0.3, -0.25) is 0 Å². The first-order valence-corrected chi connectivity index (χ1v) is 7.48. The Bertz CT molecular complexity index is 572. The molecule has 0 spiro atoms. The summed E-state index contributed by atoms with van der Waals surface area (Å²) < 4.78 is 0. The number of thioether (sulfide) groups is 2. The van der Waals surface area contributed by atoms with Crippen molar-refractivity contribution in [2.45, 2.75) is 9.79 Å². The zero-order valence-electron chi connectivity index (χ0n) is 9.85. The minimum Gasteiger partial charge on any atom is -0.119 e. The SMILES string of the molecule is C#CCSc1cccc2c(SCC#C)cccc12. The van der Waals surface area contributed by atoms with Crippen molar-refractivity contribution in [3.63, 3.8) is 0 Å². The highest BCUT2D eigenvalue weighted by atomic mass is 32.2. The van der Waals surface area contributed by atoms with Crippen LogP contribution >= 0.6 is 23.5 Å². The third-order valence-corrected chi connectivity index (χ3v) is 4.42. The van der Waals surface area contributed by atoms with E-state index in [9.17, 15) is 0 Å². The van der Waals surface area contributed by atoms with E-state index in [1.54, 1.807) is 23.5 Å². The minimum absolute atomic E-state index is 0.695. The van der Waals surface area contributed by atoms with Crippen LogP contribution in [-0.2, 0) is 0 Å². The Balaban J connectivity index is 2.45. The van der Waals surface area contributed by atoms with Crippen molar-refractivity contribution in [2.75, 3.05) is 11.5 Å². The van der Waals surface area contributed by atoms with Gasteiger partial charge in [0.2, 0.25) is 0 Å². The zero-order valence-corrected chi connectivity index (χ0v) is 11.5. The monoisotopic (exact) mass is 268 g/mol. The normalized spacial score (nSPS) is 9.89. The Morgan fingerprint density at radius 1 is 0.778 bits per heavy atom. The lowest BCUT2D eigenvalue weighted by Gasteiger charge is -2.08. The molecule has 0 nitrogen and oxygen atoms in total. The third kappa shape index (κ3) is 2.85. The Morgan fingerprint density at radius 3 is 1.61 bits per heavy atom. The van der Waals surface area contributed by atoms with Crippen molar-refractivity contribution >= 4 is 34.3 Å². The molecule has 2 aromatic carbocycles. The maximum absolute atomic E-state index is 5.32. The average Bonchev–Trinajstić information content (AvgIpc) is 2.42. The van der Waals surface area contributed by atoms with Crippen molar-refractivity contribution in [3.8, 4) is 24.7 Å². The molecule has 0 aliphatic rings. The summed E-state index contributed by atoms with van der Waals surface area (Å²) in [6.45, 7) is 0. The number of benzene rings is 2. The molecule has 0 N–H and O–H groups in total. The van der Waals surface area contributed by atoms with E-state index in [4.69, 9.17) is 12.8 Å². The predicted molar refractivity (Wildman–Crippen MR) is 83.1 cm³/mol. The van der Waals surface area contributed by atoms with Crippen LogP contribution in [0.15, 0.2) is 46.2 Å². The molecule has 0 saturated heterocycles. The lowest BCUT2D eigenvalue weighted by atomic mass is 10.1. The van der Waals surface area contributed by atoms with E-state index in [0.717, 1.165) is 0 Å². The van der Waals surface area contributed by atoms with Gasteiger partial charge in [0.15, 0.2) is 0 Å². The maximum Gasteiger partial charge on any atom is 0.0592 e. The molecule has 18 heavy (non-hydrogen) atoms. The van der Waals surface area contributed by atoms with Crippen molar-refractivity contribution in [1.29, 1.82) is 0 Å². The highest BCUT2D eigenvalue weighted by molar-refractivity contribution is 8.00. The molecular weight excluding hydrogens is 256 g/mol. The van der Waals surface area contributed by atoms with Gasteiger partial charge in [0.1, 0.15) is 0 Å². The van der Waals surface area contributed by atoms with Crippen molar-refractivity contribution in [1.82, 2.24) is 0 Å². The van der Waals surface area contributed by atoms with E-state index in [-0.39, 0.29) is 0 Å². The molecule has 0 amide bonds. The Hall–Kier alpha value is -1.48. The Kier molecular flexibility index (Phi) is 4.65. The molecule has 0 aliphatic heterocycles. The van der Waals surface area contributed by atoms with Gasteiger partial charge in [-0.05, 0) is 22.9 Å². The van der Waals surface area contributed by atoms with Crippen LogP contribution in [0.2, 0.25) is 0 Å². The lowest BCUT2D eigenvalue weighted by Crippen LogP contribution is -1.82. The Labute approximate surface area is 117 Å². The van der Waals surface area contributed by atoms with Gasteiger partial charge >= 0.3 is 0 Å². The molecule has 0 radical (unpaired) electrons. The summed E-state index contributed by atoms with van der Waals surface area (Å²) in [7, 11) is 0. The van der Waals surface area contributed by atoms with E-state index in [1.807, 2.05) is 0 Å². The van der Waals surface area contributed by atoms with E-state index in [0.29, 0.717) is 11.5 Å². The summed E-state index contributed by atoms with van der Waals surface area (Å²) in [6, 6.07) is 12.6. The van der Waals surface area contributed by atoms with Crippen molar-refractivity contribution in [3.05, 3.63) is 36.4 Å². The van der Waals surface area contributed by atoms with Gasteiger partial charge in [-0.2, -0.15) is 0 Å². The highest BCUT2D eigenvalue weighted by Crippen LogP contribution is 2.33. The average molecular weight is 268 g/mol. The fraction of sp³-hybridized carbons (Fsp3) is 0.125. The third-order valence-electron chi connectivity index (χ3n) is 2.46. The van der Waals surface area contributed by atoms with Crippen LogP contribution < -0.4 is 0 Å². The van der Waals surface area contributed by atoms with Crippen LogP contribution in [0, 0.1) is 24.7 Å². The first-order valence-electron chi connectivity index (χ1n) is 5.51. The first kappa shape index (κ1) is 13.0. The van der Waals surface area contributed by atoms with Crippen LogP contribution in [0.5, 0.6) is 0 Å². The van der Waals surface area contributed by atoms with Crippen LogP contribution in [0.3, 0.4) is 0 Å². The van der Waals surface area contributed by atoms with Gasteiger partial charge in [-0.15, -0.1) is 36.4 Å². The minimum atomic E-state index is 0.695. The summed E-state index contributed by atoms with van der Waals surface area (Å²) in [4.78, 5) is 2.46. The first-order chi connectivity index (χ1) is 8.86. The molecule has 88 valence electrons. The van der Waals surface area contributed by atoms with E-state index in [1.165, 1.54) is 20.6 Å². The summed E-state index contributed by atoms with van der Waals surface area (Å²) in [5.41, 5.74) is 0. The lowest BCUT2D eigenvalue weighted by molar-refractivity contribution is 1.47. The molecular formula is C16H12S2. The second kappa shape index (κ2) is 6.45. The van der Waals surface area contributed by atoms with Crippen molar-refractivity contribution < 1.29 is 0 Å². The van der Waals surface area contributed by atoms with Gasteiger partial charge in [0.05, 0.1) is 11.5 Å². The van der Waals surface area contributed by atoms with Gasteiger partial charge in [-0.25, -0.2) is 0 Å². The van der Waals surface area contributed by atoms with Gasteiger partial charge in [0, 0.05) is 9.79 Å². The summed E-state index contributed by atoms with van der Waals surface area (Å²) in [5, 5.41) is 2.50. The second-order valence-electron chi connectivity index (χ2n) is 3.59. The van der Waals surface area contributed by atoms with Gasteiger partial charge in [-0.1, -0.05) is 36.1 Å². The quantitative estimate of drug-likeness (QED) is 0.599. The topological polar surface area (TPSA) is 0 Å². The molecule has 0 heterocycles. The molecule has 2 heteroatoms. The Morgan fingerprint density at radius 2 is 1.22 bits per heavy atom. The molecule has 0 fully saturated rings. The summed E-state index contributed by atoms with van der Waals surface area (Å²) in [6.07, 6.45) is 10.6. The summed E-state index contributed by atoms with van der Waals surface area (Å²) >= 11 is 3.39. The van der Waals surface area contributed by atoms with Crippen molar-refractivity contribution in [2.24, 2.45) is 0 Å². The zero-order chi connectivity index (χ0) is 12.8. The predicted octanol–water partition coefficient (Wildman–Crippen LogP) is 4.29. The second-order valence-corrected chi connectivity index (χ2v) is 5.63. The molecule has 0 saturated carbocycles. The fourth-order valence-corrected chi connectivity index (χ4v) is 3.24. The van der Waals surface area contributed by atoms with Crippen LogP contribution in [0.4, 0.5) is 0 Å². The van der Waals surface area contributed by atoms with Crippen LogP contribution in [-0.4, -0.2) is 11.5 Å². The summed E-state index contributed by atoms with van der Waals surface area (Å²) in [5.74, 6) is 6.71. The van der Waals surface area contributed by atoms with Crippen LogP contribution in [0.25, 0.3) is 10.8 Å². The maximum atomic E-state index is 5.32. The van der Waals surface area contributed by atoms with Gasteiger partial charge < -0.3 is 0 Å². The molecule has 0 aliphatic carbocycles. The molecule has 2 rings (SSSR count). The molecule has 0 aromatic heterocycles. The number of rotatable bonds is 4. The molecule has 0 atom stereocenters. The number of terminal acetylenes is 2. The molecule has 0 unspecified atom stereocenters. The standard InChI is InChI=1S/C16H12S2/c1-3-11-17-15-9-5-8-14-13(15)7-6-10-16(14)18-12-4-2/h1-2,5-10H,11-12H2.